The number of methoxy groups -OCH3 is 1. The van der Waals surface area contributed by atoms with E-state index in [0.29, 0.717) is 13.1 Å². The summed E-state index contributed by atoms with van der Waals surface area (Å²) in [6.45, 7) is 7.34. The average Bonchev–Trinajstić information content (AvgIpc) is 2.13. The van der Waals surface area contributed by atoms with Gasteiger partial charge in [0.25, 0.3) is 0 Å². The Labute approximate surface area is 96.9 Å². The molecule has 94 valence electrons. The number of morpholine rings is 1. The predicted octanol–water partition coefficient (Wildman–Crippen LogP) is -0.0140. The normalized spacial score (nSPS) is 26.6. The van der Waals surface area contributed by atoms with Crippen molar-refractivity contribution >= 4 is 5.91 Å². The van der Waals surface area contributed by atoms with E-state index >= 15 is 0 Å². The highest BCUT2D eigenvalue weighted by Crippen LogP contribution is 2.21. The quantitative estimate of drug-likeness (QED) is 0.740. The van der Waals surface area contributed by atoms with Crippen LogP contribution >= 0.6 is 0 Å². The second-order valence-electron chi connectivity index (χ2n) is 4.97. The van der Waals surface area contributed by atoms with E-state index in [1.54, 1.807) is 12.0 Å². The molecule has 0 saturated carbocycles. The highest BCUT2D eigenvalue weighted by atomic mass is 16.5. The van der Waals surface area contributed by atoms with Crippen molar-refractivity contribution in [3.8, 4) is 0 Å². The smallest absolute Gasteiger partial charge is 0.242 e. The number of nitrogens with zero attached hydrogens (tertiary/aromatic N) is 1. The molecule has 0 aromatic rings. The van der Waals surface area contributed by atoms with Gasteiger partial charge in [0.05, 0.1) is 18.3 Å². The highest BCUT2D eigenvalue weighted by molar-refractivity contribution is 5.82. The minimum atomic E-state index is -0.578. The molecule has 1 heterocycles. The third-order valence-electron chi connectivity index (χ3n) is 2.54. The van der Waals surface area contributed by atoms with Gasteiger partial charge in [0.15, 0.2) is 0 Å². The molecule has 1 aliphatic heterocycles. The van der Waals surface area contributed by atoms with Crippen LogP contribution in [0.25, 0.3) is 0 Å². The summed E-state index contributed by atoms with van der Waals surface area (Å²) in [5, 5.41) is 0. The molecule has 1 saturated heterocycles. The summed E-state index contributed by atoms with van der Waals surface area (Å²) < 4.78 is 10.6. The van der Waals surface area contributed by atoms with Crippen LogP contribution in [0.15, 0.2) is 0 Å². The molecule has 16 heavy (non-hydrogen) atoms. The van der Waals surface area contributed by atoms with Gasteiger partial charge in [0.2, 0.25) is 5.91 Å². The Morgan fingerprint density at radius 2 is 2.31 bits per heavy atom. The van der Waals surface area contributed by atoms with Crippen LogP contribution in [0.1, 0.15) is 20.8 Å². The van der Waals surface area contributed by atoms with Crippen LogP contribution in [-0.4, -0.2) is 55.4 Å². The molecule has 1 aliphatic rings. The lowest BCUT2D eigenvalue weighted by Crippen LogP contribution is -2.57. The van der Waals surface area contributed by atoms with Gasteiger partial charge in [0.1, 0.15) is 6.04 Å². The predicted molar refractivity (Wildman–Crippen MR) is 61.1 cm³/mol. The molecule has 2 N–H and O–H groups in total. The Morgan fingerprint density at radius 1 is 1.69 bits per heavy atom. The number of rotatable bonds is 3. The molecule has 2 atom stereocenters. The first-order chi connectivity index (χ1) is 7.35. The first-order valence-electron chi connectivity index (χ1n) is 5.57. The van der Waals surface area contributed by atoms with Crippen molar-refractivity contribution < 1.29 is 14.3 Å². The summed E-state index contributed by atoms with van der Waals surface area (Å²) >= 11 is 0. The monoisotopic (exact) mass is 230 g/mol. The number of nitrogens with two attached hydrogens (primary N) is 1. The topological polar surface area (TPSA) is 64.8 Å². The van der Waals surface area contributed by atoms with E-state index in [1.165, 1.54) is 0 Å². The highest BCUT2D eigenvalue weighted by Gasteiger charge is 2.35. The lowest BCUT2D eigenvalue weighted by atomic mass is 10.0. The fraction of sp³-hybridized carbons (Fsp3) is 0.909. The van der Waals surface area contributed by atoms with Crippen molar-refractivity contribution in [3.63, 3.8) is 0 Å². The maximum absolute atomic E-state index is 12.0. The minimum Gasteiger partial charge on any atom is -0.383 e. The average molecular weight is 230 g/mol. The van der Waals surface area contributed by atoms with Gasteiger partial charge in [-0.3, -0.25) is 4.79 Å². The van der Waals surface area contributed by atoms with E-state index in [1.807, 2.05) is 20.8 Å². The maximum Gasteiger partial charge on any atom is 0.242 e. The maximum atomic E-state index is 12.0. The minimum absolute atomic E-state index is 0.0439. The molecule has 1 rings (SSSR count). The van der Waals surface area contributed by atoms with E-state index in [0.717, 1.165) is 0 Å². The first kappa shape index (κ1) is 13.4. The first-order valence-corrected chi connectivity index (χ1v) is 5.57. The summed E-state index contributed by atoms with van der Waals surface area (Å²) in [5.74, 6) is -0.0647. The van der Waals surface area contributed by atoms with Crippen LogP contribution in [0.4, 0.5) is 0 Å². The third kappa shape index (κ3) is 3.43. The van der Waals surface area contributed by atoms with Crippen LogP contribution in [0.3, 0.4) is 0 Å². The molecule has 0 aromatic heterocycles. The summed E-state index contributed by atoms with van der Waals surface area (Å²) in [5.41, 5.74) is 5.43. The van der Waals surface area contributed by atoms with Gasteiger partial charge in [-0.2, -0.15) is 0 Å². The number of hydrogen-bond acceptors (Lipinski definition) is 4. The molecular weight excluding hydrogens is 208 g/mol. The Hall–Kier alpha value is -0.650. The molecule has 5 nitrogen and oxygen atoms in total. The van der Waals surface area contributed by atoms with Crippen molar-refractivity contribution in [2.75, 3.05) is 26.8 Å². The van der Waals surface area contributed by atoms with Gasteiger partial charge in [-0.05, 0) is 20.8 Å². The van der Waals surface area contributed by atoms with Gasteiger partial charge in [-0.15, -0.1) is 0 Å². The van der Waals surface area contributed by atoms with E-state index in [2.05, 4.69) is 0 Å². The fourth-order valence-corrected chi connectivity index (χ4v) is 2.11. The van der Waals surface area contributed by atoms with Crippen LogP contribution in [0.5, 0.6) is 0 Å². The summed E-state index contributed by atoms with van der Waals surface area (Å²) in [6, 6.07) is -0.578. The molecule has 0 radical (unpaired) electrons. The summed E-state index contributed by atoms with van der Waals surface area (Å²) in [7, 11) is 1.54. The van der Waals surface area contributed by atoms with E-state index in [4.69, 9.17) is 15.2 Å². The SMILES string of the molecule is COCC(N)C(=O)N1CC(C)OC(C)(C)C1. The van der Waals surface area contributed by atoms with Gasteiger partial charge in [0, 0.05) is 20.2 Å². The second kappa shape index (κ2) is 5.12. The third-order valence-corrected chi connectivity index (χ3v) is 2.54. The number of carbonyl (C=O) groups is 1. The lowest BCUT2D eigenvalue weighted by Gasteiger charge is -2.42. The van der Waals surface area contributed by atoms with Crippen LogP contribution in [-0.2, 0) is 14.3 Å². The molecule has 0 bridgehead atoms. The molecule has 5 heteroatoms. The molecule has 0 aromatic carbocycles. The lowest BCUT2D eigenvalue weighted by molar-refractivity contribution is -0.160. The summed E-state index contributed by atoms with van der Waals surface area (Å²) in [6.07, 6.45) is 0.0439. The largest absolute Gasteiger partial charge is 0.383 e. The van der Waals surface area contributed by atoms with E-state index < -0.39 is 6.04 Å². The second-order valence-corrected chi connectivity index (χ2v) is 4.97. The zero-order valence-electron chi connectivity index (χ0n) is 10.5. The van der Waals surface area contributed by atoms with E-state index in [9.17, 15) is 4.79 Å². The molecule has 1 amide bonds. The van der Waals surface area contributed by atoms with Crippen molar-refractivity contribution in [1.82, 2.24) is 4.90 Å². The Morgan fingerprint density at radius 3 is 2.81 bits per heavy atom. The molecule has 0 aliphatic carbocycles. The molecule has 0 spiro atoms. The number of amides is 1. The number of hydrogen-bond donors (Lipinski definition) is 1. The Balaban J connectivity index is 2.62. The standard InChI is InChI=1S/C11H22N2O3/c1-8-5-13(7-11(2,3)16-8)10(14)9(12)6-15-4/h8-9H,5-7,12H2,1-4H3. The van der Waals surface area contributed by atoms with Gasteiger partial charge in [-0.1, -0.05) is 0 Å². The fourth-order valence-electron chi connectivity index (χ4n) is 2.11. The van der Waals surface area contributed by atoms with Crippen molar-refractivity contribution in [2.45, 2.75) is 38.5 Å². The van der Waals surface area contributed by atoms with Gasteiger partial charge in [-0.25, -0.2) is 0 Å². The Kier molecular flexibility index (Phi) is 4.29. The zero-order valence-corrected chi connectivity index (χ0v) is 10.5. The van der Waals surface area contributed by atoms with Crippen molar-refractivity contribution in [3.05, 3.63) is 0 Å². The van der Waals surface area contributed by atoms with Gasteiger partial charge >= 0.3 is 0 Å². The van der Waals surface area contributed by atoms with Crippen LogP contribution < -0.4 is 5.73 Å². The number of ether oxygens (including phenoxy) is 2. The van der Waals surface area contributed by atoms with Gasteiger partial charge < -0.3 is 20.1 Å². The Bertz CT molecular complexity index is 256. The van der Waals surface area contributed by atoms with Crippen LogP contribution in [0, 0.1) is 0 Å². The summed E-state index contributed by atoms with van der Waals surface area (Å²) in [4.78, 5) is 13.7. The van der Waals surface area contributed by atoms with E-state index in [-0.39, 0.29) is 24.2 Å². The molecule has 2 unspecified atom stereocenters. The van der Waals surface area contributed by atoms with Crippen LogP contribution in [0.2, 0.25) is 0 Å². The van der Waals surface area contributed by atoms with Crippen molar-refractivity contribution in [2.24, 2.45) is 5.73 Å². The number of carbonyl (C=O) groups excluding carboxylic acids is 1. The molecule has 1 fully saturated rings. The van der Waals surface area contributed by atoms with Crippen molar-refractivity contribution in [1.29, 1.82) is 0 Å². The molecular formula is C11H22N2O3. The zero-order chi connectivity index (χ0) is 12.3.